The topological polar surface area (TPSA) is 120 Å². The molecule has 0 aliphatic carbocycles. The van der Waals surface area contributed by atoms with E-state index in [9.17, 15) is 4.79 Å². The van der Waals surface area contributed by atoms with Gasteiger partial charge in [0.05, 0.1) is 11.8 Å². The summed E-state index contributed by atoms with van der Waals surface area (Å²) >= 11 is 1.14. The van der Waals surface area contributed by atoms with E-state index in [-0.39, 0.29) is 24.2 Å². The largest absolute Gasteiger partial charge is 0.368 e. The van der Waals surface area contributed by atoms with Gasteiger partial charge < -0.3 is 11.1 Å². The Labute approximate surface area is 84.1 Å². The van der Waals surface area contributed by atoms with Crippen molar-refractivity contribution in [3.8, 4) is 6.07 Å². The maximum atomic E-state index is 11.0. The monoisotopic (exact) mass is 212 g/mol. The lowest BCUT2D eigenvalue weighted by Gasteiger charge is -1.96. The molecule has 0 bridgehead atoms. The lowest BCUT2D eigenvalue weighted by Crippen LogP contribution is -2.25. The second-order valence-electron chi connectivity index (χ2n) is 2.23. The van der Waals surface area contributed by atoms with Crippen LogP contribution in [-0.2, 0) is 4.79 Å². The van der Waals surface area contributed by atoms with Crippen LogP contribution in [0.15, 0.2) is 5.16 Å². The summed E-state index contributed by atoms with van der Waals surface area (Å²) in [5, 5.41) is 17.2. The number of nitrogens with one attached hydrogen (secondary N) is 2. The third kappa shape index (κ3) is 3.32. The summed E-state index contributed by atoms with van der Waals surface area (Å²) in [5.41, 5.74) is 5.28. The van der Waals surface area contributed by atoms with Gasteiger partial charge >= 0.3 is 0 Å². The number of hydrogen-bond donors (Lipinski definition) is 3. The van der Waals surface area contributed by atoms with Crippen LogP contribution in [0.25, 0.3) is 0 Å². The third-order valence-electron chi connectivity index (χ3n) is 1.18. The minimum Gasteiger partial charge on any atom is -0.368 e. The molecule has 1 heterocycles. The maximum absolute atomic E-state index is 11.0. The predicted octanol–water partition coefficient (Wildman–Crippen LogP) is -0.881. The van der Waals surface area contributed by atoms with Crippen molar-refractivity contribution in [3.63, 3.8) is 0 Å². The Morgan fingerprint density at radius 3 is 3.14 bits per heavy atom. The van der Waals surface area contributed by atoms with Gasteiger partial charge in [0.1, 0.15) is 6.54 Å². The number of amides is 1. The van der Waals surface area contributed by atoms with Crippen LogP contribution in [0.2, 0.25) is 0 Å². The van der Waals surface area contributed by atoms with Gasteiger partial charge in [-0.2, -0.15) is 10.2 Å². The summed E-state index contributed by atoms with van der Waals surface area (Å²) in [7, 11) is 0. The molecule has 1 aromatic rings. The minimum atomic E-state index is -0.236. The fraction of sp³-hybridized carbons (Fsp3) is 0.333. The number of nitriles is 1. The molecule has 1 rings (SSSR count). The Morgan fingerprint density at radius 2 is 2.57 bits per heavy atom. The summed E-state index contributed by atoms with van der Waals surface area (Å²) < 4.78 is 0. The Hall–Kier alpha value is -1.75. The number of carbonyl (C=O) groups is 1. The van der Waals surface area contributed by atoms with Crippen LogP contribution in [-0.4, -0.2) is 33.4 Å². The number of aromatic nitrogens is 3. The molecule has 0 aliphatic rings. The van der Waals surface area contributed by atoms with Crippen LogP contribution in [0, 0.1) is 11.3 Å². The molecular weight excluding hydrogens is 204 g/mol. The molecule has 0 aromatic carbocycles. The highest BCUT2D eigenvalue weighted by atomic mass is 32.2. The summed E-state index contributed by atoms with van der Waals surface area (Å²) in [6.07, 6.45) is 0. The Bertz CT molecular complexity index is 355. The summed E-state index contributed by atoms with van der Waals surface area (Å²) in [5.74, 6) is 0.142. The van der Waals surface area contributed by atoms with Gasteiger partial charge in [0.2, 0.25) is 17.0 Å². The van der Waals surface area contributed by atoms with Crippen molar-refractivity contribution < 1.29 is 4.79 Å². The lowest BCUT2D eigenvalue weighted by molar-refractivity contribution is -0.118. The molecule has 4 N–H and O–H groups in total. The molecule has 0 atom stereocenters. The first-order valence-corrected chi connectivity index (χ1v) is 4.65. The fourth-order valence-corrected chi connectivity index (χ4v) is 1.28. The van der Waals surface area contributed by atoms with E-state index >= 15 is 0 Å². The van der Waals surface area contributed by atoms with Crippen LogP contribution >= 0.6 is 11.8 Å². The maximum Gasteiger partial charge on any atom is 0.231 e. The van der Waals surface area contributed by atoms with Gasteiger partial charge in [-0.3, -0.25) is 4.79 Å². The van der Waals surface area contributed by atoms with Crippen LogP contribution in [0.1, 0.15) is 0 Å². The van der Waals surface area contributed by atoms with Gasteiger partial charge in [0, 0.05) is 0 Å². The lowest BCUT2D eigenvalue weighted by atomic mass is 10.6. The number of rotatable bonds is 4. The summed E-state index contributed by atoms with van der Waals surface area (Å²) in [6.45, 7) is 0.00945. The van der Waals surface area contributed by atoms with Crippen LogP contribution in [0.4, 0.5) is 5.95 Å². The molecule has 7 nitrogen and oxygen atoms in total. The number of nitrogens with zero attached hydrogens (tertiary/aromatic N) is 3. The van der Waals surface area contributed by atoms with Crippen LogP contribution < -0.4 is 11.1 Å². The zero-order valence-electron chi connectivity index (χ0n) is 7.15. The SMILES string of the molecule is N#CCNC(=O)CSc1n[nH]c(N)n1. The molecular formula is C6H8N6OS. The van der Waals surface area contributed by atoms with E-state index < -0.39 is 0 Å². The molecule has 0 saturated heterocycles. The van der Waals surface area contributed by atoms with Crippen molar-refractivity contribution in [1.82, 2.24) is 20.5 Å². The Balaban J connectivity index is 2.27. The van der Waals surface area contributed by atoms with E-state index in [1.54, 1.807) is 6.07 Å². The van der Waals surface area contributed by atoms with E-state index in [2.05, 4.69) is 20.5 Å². The average molecular weight is 212 g/mol. The smallest absolute Gasteiger partial charge is 0.231 e. The number of carbonyl (C=O) groups excluding carboxylic acids is 1. The second-order valence-corrected chi connectivity index (χ2v) is 3.17. The summed E-state index contributed by atoms with van der Waals surface area (Å²) in [4.78, 5) is 14.8. The van der Waals surface area contributed by atoms with Gasteiger partial charge in [-0.25, -0.2) is 5.10 Å². The van der Waals surface area contributed by atoms with E-state index in [1.165, 1.54) is 0 Å². The zero-order valence-corrected chi connectivity index (χ0v) is 7.97. The Morgan fingerprint density at radius 1 is 1.79 bits per heavy atom. The van der Waals surface area contributed by atoms with Crippen molar-refractivity contribution in [2.24, 2.45) is 0 Å². The van der Waals surface area contributed by atoms with E-state index in [0.717, 1.165) is 11.8 Å². The number of nitrogen functional groups attached to an aromatic ring is 1. The first kappa shape index (κ1) is 10.3. The molecule has 14 heavy (non-hydrogen) atoms. The molecule has 1 amide bonds. The molecule has 8 heteroatoms. The van der Waals surface area contributed by atoms with Crippen molar-refractivity contribution in [2.75, 3.05) is 18.0 Å². The number of H-pyrrole nitrogens is 1. The van der Waals surface area contributed by atoms with Crippen molar-refractivity contribution >= 4 is 23.6 Å². The Kier molecular flexibility index (Phi) is 3.75. The molecule has 0 fully saturated rings. The van der Waals surface area contributed by atoms with Crippen molar-refractivity contribution in [3.05, 3.63) is 0 Å². The normalized spacial score (nSPS) is 9.36. The summed E-state index contributed by atoms with van der Waals surface area (Å²) in [6, 6.07) is 1.80. The average Bonchev–Trinajstić information content (AvgIpc) is 2.58. The molecule has 0 spiro atoms. The third-order valence-corrected chi connectivity index (χ3v) is 2.03. The number of thioether (sulfide) groups is 1. The van der Waals surface area contributed by atoms with Gasteiger partial charge in [-0.05, 0) is 0 Å². The highest BCUT2D eigenvalue weighted by molar-refractivity contribution is 7.99. The number of hydrogen-bond acceptors (Lipinski definition) is 6. The highest BCUT2D eigenvalue weighted by Crippen LogP contribution is 2.11. The molecule has 0 aliphatic heterocycles. The molecule has 0 radical (unpaired) electrons. The first-order chi connectivity index (χ1) is 6.72. The van der Waals surface area contributed by atoms with Gasteiger partial charge in [0.15, 0.2) is 0 Å². The molecule has 1 aromatic heterocycles. The fourth-order valence-electron chi connectivity index (χ4n) is 0.642. The van der Waals surface area contributed by atoms with Crippen molar-refractivity contribution in [2.45, 2.75) is 5.16 Å². The van der Waals surface area contributed by atoms with E-state index in [1.807, 2.05) is 0 Å². The van der Waals surface area contributed by atoms with Crippen LogP contribution in [0.5, 0.6) is 0 Å². The predicted molar refractivity (Wildman–Crippen MR) is 50.1 cm³/mol. The second kappa shape index (κ2) is 5.08. The van der Waals surface area contributed by atoms with Gasteiger partial charge in [-0.1, -0.05) is 11.8 Å². The molecule has 74 valence electrons. The van der Waals surface area contributed by atoms with Crippen molar-refractivity contribution in [1.29, 1.82) is 5.26 Å². The van der Waals surface area contributed by atoms with Crippen LogP contribution in [0.3, 0.4) is 0 Å². The number of anilines is 1. The molecule has 0 unspecified atom stereocenters. The van der Waals surface area contributed by atoms with Gasteiger partial charge in [-0.15, -0.1) is 5.10 Å². The quantitative estimate of drug-likeness (QED) is 0.440. The first-order valence-electron chi connectivity index (χ1n) is 3.66. The zero-order chi connectivity index (χ0) is 10.4. The highest BCUT2D eigenvalue weighted by Gasteiger charge is 2.05. The van der Waals surface area contributed by atoms with E-state index in [4.69, 9.17) is 11.0 Å². The minimum absolute atomic E-state index is 0.00945. The standard InChI is InChI=1S/C6H8N6OS/c7-1-2-9-4(13)3-14-6-10-5(8)11-12-6/h2-3H2,(H,9,13)(H3,8,10,11,12). The molecule has 0 saturated carbocycles. The number of aromatic amines is 1. The van der Waals surface area contributed by atoms with E-state index in [0.29, 0.717) is 5.16 Å². The van der Waals surface area contributed by atoms with Gasteiger partial charge in [0.25, 0.3) is 0 Å². The number of nitrogens with two attached hydrogens (primary N) is 1.